The van der Waals surface area contributed by atoms with Gasteiger partial charge in [-0.05, 0) is 38.0 Å². The zero-order chi connectivity index (χ0) is 12.4. The molecule has 3 aliphatic rings. The van der Waals surface area contributed by atoms with Crippen molar-refractivity contribution in [3.8, 4) is 0 Å². The SMILES string of the molecule is OC1CCCCCC1CN1CCOC2CCCC21. The van der Waals surface area contributed by atoms with Crippen molar-refractivity contribution in [3.05, 3.63) is 0 Å². The van der Waals surface area contributed by atoms with E-state index in [1.54, 1.807) is 0 Å². The highest BCUT2D eigenvalue weighted by atomic mass is 16.5. The largest absolute Gasteiger partial charge is 0.393 e. The highest BCUT2D eigenvalue weighted by molar-refractivity contribution is 4.91. The topological polar surface area (TPSA) is 32.7 Å². The summed E-state index contributed by atoms with van der Waals surface area (Å²) in [5.41, 5.74) is 0. The van der Waals surface area contributed by atoms with Crippen molar-refractivity contribution in [1.29, 1.82) is 0 Å². The number of hydrogen-bond acceptors (Lipinski definition) is 3. The third-order valence-electron chi connectivity index (χ3n) is 5.19. The lowest BCUT2D eigenvalue weighted by molar-refractivity contribution is -0.0673. The van der Waals surface area contributed by atoms with E-state index in [4.69, 9.17) is 4.74 Å². The lowest BCUT2D eigenvalue weighted by atomic mass is 9.95. The summed E-state index contributed by atoms with van der Waals surface area (Å²) in [5, 5.41) is 10.3. The van der Waals surface area contributed by atoms with Crippen molar-refractivity contribution in [1.82, 2.24) is 4.90 Å². The Hall–Kier alpha value is -0.120. The maximum atomic E-state index is 10.3. The van der Waals surface area contributed by atoms with E-state index in [-0.39, 0.29) is 6.10 Å². The summed E-state index contributed by atoms with van der Waals surface area (Å²) >= 11 is 0. The van der Waals surface area contributed by atoms with Crippen molar-refractivity contribution in [2.45, 2.75) is 69.6 Å². The molecule has 2 aliphatic carbocycles. The van der Waals surface area contributed by atoms with Gasteiger partial charge < -0.3 is 9.84 Å². The fourth-order valence-electron chi connectivity index (χ4n) is 4.11. The molecule has 1 N–H and O–H groups in total. The smallest absolute Gasteiger partial charge is 0.0730 e. The third-order valence-corrected chi connectivity index (χ3v) is 5.19. The normalized spacial score (nSPS) is 42.5. The Balaban J connectivity index is 1.60. The number of ether oxygens (including phenoxy) is 1. The summed E-state index contributed by atoms with van der Waals surface area (Å²) in [6.45, 7) is 3.07. The van der Waals surface area contributed by atoms with Gasteiger partial charge in [-0.15, -0.1) is 0 Å². The van der Waals surface area contributed by atoms with Crippen LogP contribution in [0.15, 0.2) is 0 Å². The number of hydrogen-bond donors (Lipinski definition) is 1. The summed E-state index contributed by atoms with van der Waals surface area (Å²) in [5.74, 6) is 0.506. The van der Waals surface area contributed by atoms with Crippen molar-refractivity contribution < 1.29 is 9.84 Å². The van der Waals surface area contributed by atoms with Crippen LogP contribution in [0.3, 0.4) is 0 Å². The summed E-state index contributed by atoms with van der Waals surface area (Å²) in [6.07, 6.45) is 10.4. The molecule has 3 fully saturated rings. The Kier molecular flexibility index (Phi) is 4.22. The van der Waals surface area contributed by atoms with E-state index in [0.29, 0.717) is 18.1 Å². The van der Waals surface area contributed by atoms with Crippen molar-refractivity contribution in [2.24, 2.45) is 5.92 Å². The second-order valence-electron chi connectivity index (χ2n) is 6.37. The van der Waals surface area contributed by atoms with E-state index in [1.165, 1.54) is 44.9 Å². The van der Waals surface area contributed by atoms with Crippen LogP contribution in [0.25, 0.3) is 0 Å². The Labute approximate surface area is 110 Å². The molecule has 0 spiro atoms. The minimum absolute atomic E-state index is 0.0600. The van der Waals surface area contributed by atoms with Crippen LogP contribution in [0.2, 0.25) is 0 Å². The maximum Gasteiger partial charge on any atom is 0.0730 e. The highest BCUT2D eigenvalue weighted by Crippen LogP contribution is 2.32. The molecular weight excluding hydrogens is 226 g/mol. The first-order valence-electron chi connectivity index (χ1n) is 7.88. The quantitative estimate of drug-likeness (QED) is 0.766. The van der Waals surface area contributed by atoms with Crippen LogP contribution in [-0.4, -0.2) is 48.0 Å². The van der Waals surface area contributed by atoms with Crippen molar-refractivity contribution >= 4 is 0 Å². The number of fused-ring (bicyclic) bond motifs is 1. The molecule has 4 unspecified atom stereocenters. The predicted molar refractivity (Wildman–Crippen MR) is 71.5 cm³/mol. The van der Waals surface area contributed by atoms with Crippen LogP contribution in [0, 0.1) is 5.92 Å². The van der Waals surface area contributed by atoms with E-state index in [0.717, 1.165) is 26.1 Å². The molecule has 1 aliphatic heterocycles. The predicted octanol–water partition coefficient (Wildman–Crippen LogP) is 2.18. The first-order valence-corrected chi connectivity index (χ1v) is 7.88. The number of rotatable bonds is 2. The van der Waals surface area contributed by atoms with Gasteiger partial charge in [0.2, 0.25) is 0 Å². The lowest BCUT2D eigenvalue weighted by Crippen LogP contribution is -2.51. The van der Waals surface area contributed by atoms with E-state index < -0.39 is 0 Å². The average Bonchev–Trinajstić information content (AvgIpc) is 2.77. The summed E-state index contributed by atoms with van der Waals surface area (Å²) in [7, 11) is 0. The van der Waals surface area contributed by atoms with Crippen LogP contribution >= 0.6 is 0 Å². The molecule has 2 saturated carbocycles. The zero-order valence-corrected chi connectivity index (χ0v) is 11.4. The average molecular weight is 253 g/mol. The number of morpholine rings is 1. The molecule has 0 aromatic rings. The standard InChI is InChI=1S/C15H27NO2/c17-14-7-3-1-2-5-12(14)11-16-9-10-18-15-8-4-6-13(15)16/h12-15,17H,1-11H2. The molecule has 3 nitrogen and oxygen atoms in total. The maximum absolute atomic E-state index is 10.3. The Morgan fingerprint density at radius 3 is 2.83 bits per heavy atom. The van der Waals surface area contributed by atoms with E-state index in [9.17, 15) is 5.11 Å². The van der Waals surface area contributed by atoms with Crippen LogP contribution in [-0.2, 0) is 4.74 Å². The van der Waals surface area contributed by atoms with Crippen LogP contribution < -0.4 is 0 Å². The van der Waals surface area contributed by atoms with Gasteiger partial charge in [0.05, 0.1) is 18.8 Å². The van der Waals surface area contributed by atoms with Crippen LogP contribution in [0.1, 0.15) is 51.4 Å². The first kappa shape index (κ1) is 12.9. The number of aliphatic hydroxyl groups excluding tert-OH is 1. The molecule has 104 valence electrons. The van der Waals surface area contributed by atoms with Gasteiger partial charge in [0.15, 0.2) is 0 Å². The Morgan fingerprint density at radius 2 is 1.89 bits per heavy atom. The third kappa shape index (κ3) is 2.73. The fraction of sp³-hybridized carbons (Fsp3) is 1.00. The molecule has 0 aromatic heterocycles. The van der Waals surface area contributed by atoms with E-state index in [2.05, 4.69) is 4.90 Å². The molecule has 3 rings (SSSR count). The summed E-state index contributed by atoms with van der Waals surface area (Å²) < 4.78 is 5.87. The zero-order valence-electron chi connectivity index (χ0n) is 11.4. The Morgan fingerprint density at radius 1 is 1.00 bits per heavy atom. The molecule has 4 atom stereocenters. The van der Waals surface area contributed by atoms with E-state index >= 15 is 0 Å². The second-order valence-corrected chi connectivity index (χ2v) is 6.37. The highest BCUT2D eigenvalue weighted by Gasteiger charge is 2.37. The van der Waals surface area contributed by atoms with Crippen LogP contribution in [0.5, 0.6) is 0 Å². The molecule has 3 heteroatoms. The van der Waals surface area contributed by atoms with Gasteiger partial charge in [0.1, 0.15) is 0 Å². The molecule has 0 amide bonds. The van der Waals surface area contributed by atoms with Gasteiger partial charge in [0, 0.05) is 19.1 Å². The second kappa shape index (κ2) is 5.89. The van der Waals surface area contributed by atoms with Gasteiger partial charge in [-0.3, -0.25) is 4.90 Å². The first-order chi connectivity index (χ1) is 8.84. The van der Waals surface area contributed by atoms with Crippen LogP contribution in [0.4, 0.5) is 0 Å². The van der Waals surface area contributed by atoms with E-state index in [1.807, 2.05) is 0 Å². The summed E-state index contributed by atoms with van der Waals surface area (Å²) in [4.78, 5) is 2.63. The van der Waals surface area contributed by atoms with Gasteiger partial charge >= 0.3 is 0 Å². The number of aliphatic hydroxyl groups is 1. The fourth-order valence-corrected chi connectivity index (χ4v) is 4.11. The molecule has 0 aromatic carbocycles. The molecule has 18 heavy (non-hydrogen) atoms. The molecular formula is C15H27NO2. The summed E-state index contributed by atoms with van der Waals surface area (Å²) in [6, 6.07) is 0.647. The monoisotopic (exact) mass is 253 g/mol. The van der Waals surface area contributed by atoms with Crippen molar-refractivity contribution in [3.63, 3.8) is 0 Å². The minimum Gasteiger partial charge on any atom is -0.393 e. The van der Waals surface area contributed by atoms with Gasteiger partial charge in [-0.1, -0.05) is 19.3 Å². The molecule has 1 heterocycles. The molecule has 0 radical (unpaired) electrons. The Bertz CT molecular complexity index is 271. The molecule has 0 bridgehead atoms. The van der Waals surface area contributed by atoms with Gasteiger partial charge in [0.25, 0.3) is 0 Å². The minimum atomic E-state index is -0.0600. The molecule has 1 saturated heterocycles. The lowest BCUT2D eigenvalue weighted by Gasteiger charge is -2.40. The van der Waals surface area contributed by atoms with Gasteiger partial charge in [-0.25, -0.2) is 0 Å². The van der Waals surface area contributed by atoms with Crippen molar-refractivity contribution in [2.75, 3.05) is 19.7 Å². The number of nitrogens with zero attached hydrogens (tertiary/aromatic N) is 1. The van der Waals surface area contributed by atoms with Gasteiger partial charge in [-0.2, -0.15) is 0 Å².